The molecule has 0 bridgehead atoms. The van der Waals surface area contributed by atoms with Crippen LogP contribution in [0.15, 0.2) is 48.7 Å². The van der Waals surface area contributed by atoms with Crippen molar-refractivity contribution in [2.24, 2.45) is 0 Å². The molecule has 1 heterocycles. The van der Waals surface area contributed by atoms with Crippen molar-refractivity contribution in [1.82, 2.24) is 9.97 Å². The molecule has 20 heavy (non-hydrogen) atoms. The Morgan fingerprint density at radius 1 is 1.00 bits per heavy atom. The molecule has 0 aliphatic rings. The van der Waals surface area contributed by atoms with Crippen LogP contribution in [0.1, 0.15) is 27.2 Å². The van der Waals surface area contributed by atoms with Crippen molar-refractivity contribution in [3.05, 3.63) is 71.0 Å². The number of hydrogen-bond donors (Lipinski definition) is 0. The zero-order valence-electron chi connectivity index (χ0n) is 11.4. The van der Waals surface area contributed by atoms with Crippen LogP contribution in [0.25, 0.3) is 11.0 Å². The van der Waals surface area contributed by atoms with Gasteiger partial charge in [-0.1, -0.05) is 29.8 Å². The predicted octanol–water partition coefficient (Wildman–Crippen LogP) is 3.48. The highest BCUT2D eigenvalue weighted by Crippen LogP contribution is 2.16. The van der Waals surface area contributed by atoms with Gasteiger partial charge in [-0.2, -0.15) is 0 Å². The molecule has 3 rings (SSSR count). The molecule has 0 atom stereocenters. The van der Waals surface area contributed by atoms with E-state index in [-0.39, 0.29) is 5.78 Å². The number of carbonyl (C=O) groups excluding carboxylic acids is 1. The molecule has 2 aromatic carbocycles. The summed E-state index contributed by atoms with van der Waals surface area (Å²) < 4.78 is 0. The fourth-order valence-electron chi connectivity index (χ4n) is 2.19. The monoisotopic (exact) mass is 262 g/mol. The van der Waals surface area contributed by atoms with Gasteiger partial charge in [-0.15, -0.1) is 0 Å². The summed E-state index contributed by atoms with van der Waals surface area (Å²) in [6.07, 6.45) is 1.55. The Kier molecular flexibility index (Phi) is 3.03. The van der Waals surface area contributed by atoms with Crippen LogP contribution in [0.4, 0.5) is 0 Å². The molecule has 3 aromatic rings. The zero-order chi connectivity index (χ0) is 14.1. The van der Waals surface area contributed by atoms with E-state index >= 15 is 0 Å². The molecule has 0 N–H and O–H groups in total. The van der Waals surface area contributed by atoms with Crippen LogP contribution in [-0.2, 0) is 0 Å². The lowest BCUT2D eigenvalue weighted by molar-refractivity contribution is 0.103. The van der Waals surface area contributed by atoms with Gasteiger partial charge in [0.15, 0.2) is 0 Å². The SMILES string of the molecule is Cc1ccc(C)c(C(=O)c2cnc3ccccc3n2)c1. The molecule has 3 heteroatoms. The lowest BCUT2D eigenvalue weighted by atomic mass is 10.0. The highest BCUT2D eigenvalue weighted by Gasteiger charge is 2.14. The number of hydrogen-bond acceptors (Lipinski definition) is 3. The molecule has 0 saturated carbocycles. The predicted molar refractivity (Wildman–Crippen MR) is 78.9 cm³/mol. The molecular formula is C17H14N2O. The van der Waals surface area contributed by atoms with Crippen molar-refractivity contribution in [2.75, 3.05) is 0 Å². The average molecular weight is 262 g/mol. The Morgan fingerprint density at radius 2 is 1.75 bits per heavy atom. The van der Waals surface area contributed by atoms with Gasteiger partial charge in [-0.25, -0.2) is 4.98 Å². The van der Waals surface area contributed by atoms with E-state index in [4.69, 9.17) is 0 Å². The number of benzene rings is 2. The van der Waals surface area contributed by atoms with Crippen molar-refractivity contribution in [2.45, 2.75) is 13.8 Å². The first-order valence-electron chi connectivity index (χ1n) is 6.49. The van der Waals surface area contributed by atoms with Crippen LogP contribution in [0.2, 0.25) is 0 Å². The minimum absolute atomic E-state index is 0.0792. The number of rotatable bonds is 2. The van der Waals surface area contributed by atoms with Gasteiger partial charge in [0.1, 0.15) is 5.69 Å². The van der Waals surface area contributed by atoms with Gasteiger partial charge >= 0.3 is 0 Å². The minimum Gasteiger partial charge on any atom is -0.287 e. The second kappa shape index (κ2) is 4.85. The van der Waals surface area contributed by atoms with Gasteiger partial charge in [0.05, 0.1) is 17.2 Å². The number of ketones is 1. The summed E-state index contributed by atoms with van der Waals surface area (Å²) in [6.45, 7) is 3.91. The van der Waals surface area contributed by atoms with Crippen molar-refractivity contribution in [3.63, 3.8) is 0 Å². The van der Waals surface area contributed by atoms with Crippen LogP contribution in [0, 0.1) is 13.8 Å². The first-order valence-corrected chi connectivity index (χ1v) is 6.49. The van der Waals surface area contributed by atoms with E-state index in [2.05, 4.69) is 9.97 Å². The smallest absolute Gasteiger partial charge is 0.213 e. The number of carbonyl (C=O) groups is 1. The maximum Gasteiger partial charge on any atom is 0.213 e. The summed E-state index contributed by atoms with van der Waals surface area (Å²) in [7, 11) is 0. The van der Waals surface area contributed by atoms with Crippen LogP contribution in [-0.4, -0.2) is 15.8 Å². The van der Waals surface area contributed by atoms with E-state index < -0.39 is 0 Å². The topological polar surface area (TPSA) is 42.9 Å². The van der Waals surface area contributed by atoms with E-state index in [9.17, 15) is 4.79 Å². The summed E-state index contributed by atoms with van der Waals surface area (Å²) in [5, 5.41) is 0. The van der Waals surface area contributed by atoms with Crippen LogP contribution < -0.4 is 0 Å². The zero-order valence-corrected chi connectivity index (χ0v) is 11.4. The molecule has 3 nitrogen and oxygen atoms in total. The first-order chi connectivity index (χ1) is 9.65. The number of nitrogens with zero attached hydrogens (tertiary/aromatic N) is 2. The summed E-state index contributed by atoms with van der Waals surface area (Å²) in [6, 6.07) is 13.4. The maximum atomic E-state index is 12.6. The summed E-state index contributed by atoms with van der Waals surface area (Å²) in [5.41, 5.74) is 4.63. The normalized spacial score (nSPS) is 10.7. The molecule has 0 amide bonds. The molecule has 0 aliphatic heterocycles. The van der Waals surface area contributed by atoms with Crippen molar-refractivity contribution in [3.8, 4) is 0 Å². The van der Waals surface area contributed by atoms with Crippen LogP contribution in [0.5, 0.6) is 0 Å². The van der Waals surface area contributed by atoms with Crippen LogP contribution in [0.3, 0.4) is 0 Å². The standard InChI is InChI=1S/C17H14N2O/c1-11-7-8-12(2)13(9-11)17(20)16-10-18-14-5-3-4-6-15(14)19-16/h3-10H,1-2H3. The van der Waals surface area contributed by atoms with Crippen LogP contribution >= 0.6 is 0 Å². The Balaban J connectivity index is 2.10. The van der Waals surface area contributed by atoms with Gasteiger partial charge in [-0.3, -0.25) is 9.78 Å². The summed E-state index contributed by atoms with van der Waals surface area (Å²) in [4.78, 5) is 21.3. The molecule has 0 unspecified atom stereocenters. The number of aryl methyl sites for hydroxylation is 2. The molecule has 0 fully saturated rings. The largest absolute Gasteiger partial charge is 0.287 e. The Bertz CT molecular complexity index is 809. The number of aromatic nitrogens is 2. The van der Waals surface area contributed by atoms with E-state index in [0.29, 0.717) is 11.3 Å². The van der Waals surface area contributed by atoms with Gasteiger partial charge in [-0.05, 0) is 37.6 Å². The third-order valence-corrected chi connectivity index (χ3v) is 3.32. The molecule has 0 spiro atoms. The van der Waals surface area contributed by atoms with Crippen molar-refractivity contribution >= 4 is 16.8 Å². The third kappa shape index (κ3) is 2.18. The van der Waals surface area contributed by atoms with E-state index in [1.165, 1.54) is 0 Å². The summed E-state index contributed by atoms with van der Waals surface area (Å²) >= 11 is 0. The molecular weight excluding hydrogens is 248 g/mol. The second-order valence-electron chi connectivity index (χ2n) is 4.89. The third-order valence-electron chi connectivity index (χ3n) is 3.32. The van der Waals surface area contributed by atoms with E-state index in [1.807, 2.05) is 56.3 Å². The highest BCUT2D eigenvalue weighted by molar-refractivity contribution is 6.09. The highest BCUT2D eigenvalue weighted by atomic mass is 16.1. The fraction of sp³-hybridized carbons (Fsp3) is 0.118. The van der Waals surface area contributed by atoms with Crippen molar-refractivity contribution < 1.29 is 4.79 Å². The molecule has 1 aromatic heterocycles. The maximum absolute atomic E-state index is 12.6. The fourth-order valence-corrected chi connectivity index (χ4v) is 2.19. The van der Waals surface area contributed by atoms with Gasteiger partial charge in [0.25, 0.3) is 0 Å². The number of fused-ring (bicyclic) bond motifs is 1. The first kappa shape index (κ1) is 12.5. The lowest BCUT2D eigenvalue weighted by Crippen LogP contribution is -2.07. The van der Waals surface area contributed by atoms with Gasteiger partial charge in [0, 0.05) is 5.56 Å². The Labute approximate surface area is 117 Å². The molecule has 0 radical (unpaired) electrons. The molecule has 98 valence electrons. The van der Waals surface area contributed by atoms with E-state index in [0.717, 1.165) is 22.2 Å². The Hall–Kier alpha value is -2.55. The van der Waals surface area contributed by atoms with Gasteiger partial charge < -0.3 is 0 Å². The van der Waals surface area contributed by atoms with E-state index in [1.54, 1.807) is 6.20 Å². The minimum atomic E-state index is -0.0792. The Morgan fingerprint density at radius 3 is 2.55 bits per heavy atom. The molecule has 0 aliphatic carbocycles. The lowest BCUT2D eigenvalue weighted by Gasteiger charge is -2.06. The van der Waals surface area contributed by atoms with Gasteiger partial charge in [0.2, 0.25) is 5.78 Å². The summed E-state index contributed by atoms with van der Waals surface area (Å²) in [5.74, 6) is -0.0792. The number of para-hydroxylation sites is 2. The van der Waals surface area contributed by atoms with Crippen molar-refractivity contribution in [1.29, 1.82) is 0 Å². The molecule has 0 saturated heterocycles. The second-order valence-corrected chi connectivity index (χ2v) is 4.89. The average Bonchev–Trinajstić information content (AvgIpc) is 2.48. The quantitative estimate of drug-likeness (QED) is 0.664.